The summed E-state index contributed by atoms with van der Waals surface area (Å²) in [5, 5.41) is 2.85. The lowest BCUT2D eigenvalue weighted by molar-refractivity contribution is -0.117. The van der Waals surface area contributed by atoms with Crippen LogP contribution >= 0.6 is 23.2 Å². The van der Waals surface area contributed by atoms with Crippen LogP contribution < -0.4 is 14.8 Å². The number of halogens is 2. The van der Waals surface area contributed by atoms with Crippen molar-refractivity contribution in [3.8, 4) is 5.75 Å². The molecule has 1 amide bonds. The van der Waals surface area contributed by atoms with Crippen LogP contribution in [0.5, 0.6) is 5.75 Å². The van der Waals surface area contributed by atoms with Crippen molar-refractivity contribution in [3.05, 3.63) is 52.5 Å². The number of hydrogen-bond donors (Lipinski definition) is 2. The molecule has 0 aromatic heterocycles. The topological polar surface area (TPSA) is 84.5 Å². The lowest BCUT2D eigenvalue weighted by Crippen LogP contribution is -2.41. The fourth-order valence-corrected chi connectivity index (χ4v) is 3.92. The van der Waals surface area contributed by atoms with Gasteiger partial charge in [0.2, 0.25) is 15.9 Å². The Hall–Kier alpha value is -1.80. The molecule has 2 N–H and O–H groups in total. The number of benzene rings is 2. The van der Waals surface area contributed by atoms with Gasteiger partial charge in [-0.3, -0.25) is 4.79 Å². The number of sulfonamides is 1. The number of carbonyl (C=O) groups is 1. The smallest absolute Gasteiger partial charge is 0.242 e. The van der Waals surface area contributed by atoms with E-state index in [1.54, 1.807) is 24.3 Å². The summed E-state index contributed by atoms with van der Waals surface area (Å²) in [5.41, 5.74) is 0.512. The summed E-state index contributed by atoms with van der Waals surface area (Å²) in [5.74, 6) is 0.120. The highest BCUT2D eigenvalue weighted by Gasteiger charge is 2.24. The molecule has 0 saturated heterocycles. The van der Waals surface area contributed by atoms with Crippen molar-refractivity contribution in [2.24, 2.45) is 0 Å². The molecule has 134 valence electrons. The molecular formula is C16H16Cl2N2O4S. The van der Waals surface area contributed by atoms with E-state index in [-0.39, 0.29) is 14.9 Å². The van der Waals surface area contributed by atoms with Crippen molar-refractivity contribution in [1.29, 1.82) is 0 Å². The second-order valence-corrected chi connectivity index (χ2v) is 7.66. The molecule has 2 aromatic rings. The minimum Gasteiger partial charge on any atom is -0.497 e. The molecule has 0 saturated carbocycles. The number of ether oxygens (including phenoxy) is 1. The van der Waals surface area contributed by atoms with Gasteiger partial charge in [-0.15, -0.1) is 0 Å². The Kier molecular flexibility index (Phi) is 6.29. The van der Waals surface area contributed by atoms with Crippen molar-refractivity contribution in [1.82, 2.24) is 4.72 Å². The number of carbonyl (C=O) groups excluding carboxylic acids is 1. The van der Waals surface area contributed by atoms with E-state index in [9.17, 15) is 13.2 Å². The van der Waals surface area contributed by atoms with Gasteiger partial charge in [-0.05, 0) is 49.4 Å². The van der Waals surface area contributed by atoms with Crippen molar-refractivity contribution in [2.45, 2.75) is 17.9 Å². The van der Waals surface area contributed by atoms with Crippen LogP contribution in [-0.4, -0.2) is 27.5 Å². The summed E-state index contributed by atoms with van der Waals surface area (Å²) in [6.07, 6.45) is 0. The quantitative estimate of drug-likeness (QED) is 0.775. The Morgan fingerprint density at radius 1 is 1.12 bits per heavy atom. The molecule has 9 heteroatoms. The lowest BCUT2D eigenvalue weighted by atomic mass is 10.2. The fraction of sp³-hybridized carbons (Fsp3) is 0.188. The molecule has 2 aromatic carbocycles. The molecule has 6 nitrogen and oxygen atoms in total. The van der Waals surface area contributed by atoms with E-state index in [0.717, 1.165) is 0 Å². The predicted octanol–water partition coefficient (Wildman–Crippen LogP) is 3.31. The van der Waals surface area contributed by atoms with E-state index in [0.29, 0.717) is 11.4 Å². The van der Waals surface area contributed by atoms with Crippen LogP contribution in [-0.2, 0) is 14.8 Å². The normalized spacial score (nSPS) is 12.5. The maximum atomic E-state index is 12.4. The van der Waals surface area contributed by atoms with Gasteiger partial charge in [-0.25, -0.2) is 8.42 Å². The van der Waals surface area contributed by atoms with E-state index >= 15 is 0 Å². The Balaban J connectivity index is 2.10. The fourth-order valence-electron chi connectivity index (χ4n) is 1.96. The monoisotopic (exact) mass is 402 g/mol. The Morgan fingerprint density at radius 3 is 2.36 bits per heavy atom. The highest BCUT2D eigenvalue weighted by atomic mass is 35.5. The molecule has 2 rings (SSSR count). The largest absolute Gasteiger partial charge is 0.497 e. The molecule has 0 aliphatic heterocycles. The van der Waals surface area contributed by atoms with E-state index in [1.165, 1.54) is 32.2 Å². The average molecular weight is 403 g/mol. The van der Waals surface area contributed by atoms with Gasteiger partial charge in [0.25, 0.3) is 0 Å². The molecule has 0 aliphatic rings. The van der Waals surface area contributed by atoms with Gasteiger partial charge in [-0.1, -0.05) is 23.2 Å². The molecule has 0 spiro atoms. The molecule has 1 atom stereocenters. The van der Waals surface area contributed by atoms with Crippen LogP contribution in [0.2, 0.25) is 10.0 Å². The second kappa shape index (κ2) is 8.05. The molecule has 0 unspecified atom stereocenters. The summed E-state index contributed by atoms with van der Waals surface area (Å²) in [7, 11) is -2.47. The molecule has 0 radical (unpaired) electrons. The highest BCUT2D eigenvalue weighted by molar-refractivity contribution is 7.89. The molecule has 0 bridgehead atoms. The summed E-state index contributed by atoms with van der Waals surface area (Å²) in [6.45, 7) is 1.43. The average Bonchev–Trinajstić information content (AvgIpc) is 2.57. The summed E-state index contributed by atoms with van der Waals surface area (Å²) in [4.78, 5) is 12.0. The van der Waals surface area contributed by atoms with E-state index in [2.05, 4.69) is 10.0 Å². The minimum absolute atomic E-state index is 0.0136. The zero-order valence-corrected chi connectivity index (χ0v) is 15.7. The van der Waals surface area contributed by atoms with Gasteiger partial charge in [0, 0.05) is 10.7 Å². The van der Waals surface area contributed by atoms with Crippen LogP contribution in [0.4, 0.5) is 5.69 Å². The predicted molar refractivity (Wildman–Crippen MR) is 97.9 cm³/mol. The first kappa shape index (κ1) is 19.5. The number of rotatable bonds is 6. The first-order chi connectivity index (χ1) is 11.7. The number of amides is 1. The second-order valence-electron chi connectivity index (χ2n) is 5.14. The Morgan fingerprint density at radius 2 is 1.76 bits per heavy atom. The molecule has 0 fully saturated rings. The van der Waals surface area contributed by atoms with Crippen molar-refractivity contribution in [2.75, 3.05) is 12.4 Å². The van der Waals surface area contributed by atoms with Gasteiger partial charge < -0.3 is 10.1 Å². The SMILES string of the molecule is COc1ccc(NC(=O)[C@H](C)NS(=O)(=O)c2cc(Cl)ccc2Cl)cc1. The third-order valence-corrected chi connectivity index (χ3v) is 5.52. The zero-order chi connectivity index (χ0) is 18.6. The third kappa shape index (κ3) is 5.09. The van der Waals surface area contributed by atoms with Crippen molar-refractivity contribution >= 4 is 44.8 Å². The number of hydrogen-bond acceptors (Lipinski definition) is 4. The first-order valence-corrected chi connectivity index (χ1v) is 9.39. The lowest BCUT2D eigenvalue weighted by Gasteiger charge is -2.15. The van der Waals surface area contributed by atoms with Crippen LogP contribution in [0, 0.1) is 0 Å². The van der Waals surface area contributed by atoms with E-state index in [4.69, 9.17) is 27.9 Å². The van der Waals surface area contributed by atoms with Gasteiger partial charge in [-0.2, -0.15) is 4.72 Å². The number of methoxy groups -OCH3 is 1. The van der Waals surface area contributed by atoms with Crippen molar-refractivity contribution < 1.29 is 17.9 Å². The maximum Gasteiger partial charge on any atom is 0.242 e. The first-order valence-electron chi connectivity index (χ1n) is 7.15. The summed E-state index contributed by atoms with van der Waals surface area (Å²) >= 11 is 11.7. The van der Waals surface area contributed by atoms with Gasteiger partial charge in [0.15, 0.2) is 0 Å². The van der Waals surface area contributed by atoms with E-state index < -0.39 is 22.0 Å². The van der Waals surface area contributed by atoms with Gasteiger partial charge >= 0.3 is 0 Å². The Labute approximate surface area is 156 Å². The molecule has 0 aliphatic carbocycles. The van der Waals surface area contributed by atoms with E-state index in [1.807, 2.05) is 0 Å². The van der Waals surface area contributed by atoms with Crippen LogP contribution in [0.1, 0.15) is 6.92 Å². The number of anilines is 1. The third-order valence-electron chi connectivity index (χ3n) is 3.27. The molecule has 0 heterocycles. The maximum absolute atomic E-state index is 12.4. The standard InChI is InChI=1S/C16H16Cl2N2O4S/c1-10(16(21)19-12-4-6-13(24-2)7-5-12)20-25(22,23)15-9-11(17)3-8-14(15)18/h3-10,20H,1-2H3,(H,19,21)/t10-/m0/s1. The summed E-state index contributed by atoms with van der Waals surface area (Å²) in [6, 6.07) is 9.69. The zero-order valence-electron chi connectivity index (χ0n) is 13.4. The van der Waals surface area contributed by atoms with Crippen LogP contribution in [0.15, 0.2) is 47.4 Å². The molecule has 25 heavy (non-hydrogen) atoms. The minimum atomic E-state index is -4.01. The van der Waals surface area contributed by atoms with Crippen LogP contribution in [0.25, 0.3) is 0 Å². The number of nitrogens with one attached hydrogen (secondary N) is 2. The summed E-state index contributed by atoms with van der Waals surface area (Å²) < 4.78 is 32.1. The van der Waals surface area contributed by atoms with Crippen molar-refractivity contribution in [3.63, 3.8) is 0 Å². The van der Waals surface area contributed by atoms with Gasteiger partial charge in [0.05, 0.1) is 18.2 Å². The highest BCUT2D eigenvalue weighted by Crippen LogP contribution is 2.25. The molecular weight excluding hydrogens is 387 g/mol. The van der Waals surface area contributed by atoms with Crippen LogP contribution in [0.3, 0.4) is 0 Å². The Bertz CT molecular complexity index is 870. The van der Waals surface area contributed by atoms with Gasteiger partial charge in [0.1, 0.15) is 10.6 Å².